The summed E-state index contributed by atoms with van der Waals surface area (Å²) in [6.45, 7) is 9.78. The standard InChI is InChI=1S/C14H18ClN5/c1-3-7-19(8-4-2)14-17-13-16-12-10(5-6-11(12)15)9-20(13)18-14/h3-4,11H,1-2,5-9H2,(H,16,17,18). The van der Waals surface area contributed by atoms with Gasteiger partial charge in [-0.25, -0.2) is 10.0 Å². The topological polar surface area (TPSA) is 43.2 Å². The predicted molar refractivity (Wildman–Crippen MR) is 82.6 cm³/mol. The van der Waals surface area contributed by atoms with Crippen LogP contribution in [0.15, 0.2) is 46.6 Å². The maximum absolute atomic E-state index is 6.29. The van der Waals surface area contributed by atoms with Crippen molar-refractivity contribution in [1.29, 1.82) is 0 Å². The van der Waals surface area contributed by atoms with Crippen LogP contribution in [-0.4, -0.2) is 46.8 Å². The van der Waals surface area contributed by atoms with E-state index in [2.05, 4.69) is 33.5 Å². The molecule has 2 heterocycles. The first-order valence-corrected chi connectivity index (χ1v) is 7.21. The molecule has 0 aromatic heterocycles. The Morgan fingerprint density at radius 3 is 2.80 bits per heavy atom. The molecule has 3 rings (SSSR count). The predicted octanol–water partition coefficient (Wildman–Crippen LogP) is 1.86. The van der Waals surface area contributed by atoms with Crippen molar-refractivity contribution in [3.63, 3.8) is 0 Å². The summed E-state index contributed by atoms with van der Waals surface area (Å²) in [6.07, 6.45) is 5.70. The quantitative estimate of drug-likeness (QED) is 0.635. The smallest absolute Gasteiger partial charge is 0.248 e. The molecule has 5 nitrogen and oxygen atoms in total. The van der Waals surface area contributed by atoms with Crippen LogP contribution in [0.4, 0.5) is 0 Å². The van der Waals surface area contributed by atoms with Crippen LogP contribution < -0.4 is 5.43 Å². The van der Waals surface area contributed by atoms with Gasteiger partial charge in [-0.05, 0) is 18.4 Å². The second kappa shape index (κ2) is 5.32. The van der Waals surface area contributed by atoms with Crippen molar-refractivity contribution in [1.82, 2.24) is 15.3 Å². The van der Waals surface area contributed by atoms with Gasteiger partial charge in [0, 0.05) is 13.1 Å². The summed E-state index contributed by atoms with van der Waals surface area (Å²) in [5.41, 5.74) is 5.63. The van der Waals surface area contributed by atoms with E-state index in [0.29, 0.717) is 19.0 Å². The fourth-order valence-corrected chi connectivity index (χ4v) is 2.95. The zero-order valence-corrected chi connectivity index (χ0v) is 12.1. The molecular weight excluding hydrogens is 274 g/mol. The maximum atomic E-state index is 6.29. The number of halogens is 1. The summed E-state index contributed by atoms with van der Waals surface area (Å²) in [4.78, 5) is 11.2. The number of allylic oxidation sites excluding steroid dienone is 1. The molecule has 0 saturated heterocycles. The van der Waals surface area contributed by atoms with Crippen LogP contribution in [0.5, 0.6) is 0 Å². The zero-order valence-electron chi connectivity index (χ0n) is 11.3. The van der Waals surface area contributed by atoms with E-state index < -0.39 is 0 Å². The first-order valence-electron chi connectivity index (χ1n) is 6.77. The van der Waals surface area contributed by atoms with Crippen molar-refractivity contribution in [3.05, 3.63) is 36.6 Å². The summed E-state index contributed by atoms with van der Waals surface area (Å²) in [5.74, 6) is 1.49. The number of hydrogen-bond donors (Lipinski definition) is 1. The van der Waals surface area contributed by atoms with E-state index in [1.54, 1.807) is 0 Å². The Bertz CT molecular complexity index is 524. The maximum Gasteiger partial charge on any atom is 0.248 e. The van der Waals surface area contributed by atoms with Crippen LogP contribution in [0.2, 0.25) is 0 Å². The fourth-order valence-electron chi connectivity index (χ4n) is 2.64. The Kier molecular flexibility index (Phi) is 3.53. The van der Waals surface area contributed by atoms with Crippen molar-refractivity contribution in [2.24, 2.45) is 9.98 Å². The van der Waals surface area contributed by atoms with Gasteiger partial charge in [0.1, 0.15) is 0 Å². The molecule has 0 spiro atoms. The lowest BCUT2D eigenvalue weighted by atomic mass is 10.2. The number of nitrogens with one attached hydrogen (secondary N) is 1. The van der Waals surface area contributed by atoms with Gasteiger partial charge in [-0.2, -0.15) is 4.99 Å². The molecule has 3 aliphatic rings. The van der Waals surface area contributed by atoms with E-state index in [4.69, 9.17) is 11.6 Å². The third-order valence-corrected chi connectivity index (χ3v) is 4.03. The summed E-state index contributed by atoms with van der Waals surface area (Å²) < 4.78 is 0. The molecule has 0 aromatic carbocycles. The lowest BCUT2D eigenvalue weighted by Gasteiger charge is -2.26. The molecule has 1 unspecified atom stereocenters. The molecule has 6 heteroatoms. The lowest BCUT2D eigenvalue weighted by molar-refractivity contribution is 0.376. The molecule has 1 N–H and O–H groups in total. The van der Waals surface area contributed by atoms with Crippen LogP contribution in [0.25, 0.3) is 0 Å². The van der Waals surface area contributed by atoms with Gasteiger partial charge in [-0.15, -0.1) is 24.8 Å². The summed E-state index contributed by atoms with van der Waals surface area (Å²) in [5, 5.41) is 2.01. The van der Waals surface area contributed by atoms with Crippen LogP contribution in [-0.2, 0) is 0 Å². The minimum Gasteiger partial charge on any atom is -0.334 e. The first-order chi connectivity index (χ1) is 9.72. The van der Waals surface area contributed by atoms with Crippen LogP contribution in [0, 0.1) is 0 Å². The summed E-state index contributed by atoms with van der Waals surface area (Å²) in [7, 11) is 0. The van der Waals surface area contributed by atoms with E-state index in [9.17, 15) is 0 Å². The second-order valence-electron chi connectivity index (χ2n) is 5.02. The van der Waals surface area contributed by atoms with E-state index in [1.807, 2.05) is 17.2 Å². The molecular formula is C14H18ClN5. The fraction of sp³-hybridized carbons (Fsp3) is 0.429. The molecule has 2 aliphatic heterocycles. The Balaban J connectivity index is 1.82. The average Bonchev–Trinajstić information content (AvgIpc) is 3.00. The molecule has 0 radical (unpaired) electrons. The van der Waals surface area contributed by atoms with E-state index in [1.165, 1.54) is 5.57 Å². The average molecular weight is 292 g/mol. The van der Waals surface area contributed by atoms with Gasteiger partial charge in [0.2, 0.25) is 11.9 Å². The SMILES string of the molecule is C=CCN(CC=C)C1=NC2=NC3=C(CCC3Cl)CN2N1. The molecule has 0 amide bonds. The van der Waals surface area contributed by atoms with Crippen LogP contribution >= 0.6 is 11.6 Å². The van der Waals surface area contributed by atoms with Crippen molar-refractivity contribution >= 4 is 23.5 Å². The number of hydrazine groups is 1. The molecule has 1 aliphatic carbocycles. The Morgan fingerprint density at radius 1 is 1.35 bits per heavy atom. The van der Waals surface area contributed by atoms with Gasteiger partial charge in [-0.3, -0.25) is 5.43 Å². The zero-order chi connectivity index (χ0) is 14.1. The molecule has 106 valence electrons. The minimum absolute atomic E-state index is 0.0383. The number of alkyl halides is 1. The highest BCUT2D eigenvalue weighted by atomic mass is 35.5. The third kappa shape index (κ3) is 2.22. The number of nitrogens with zero attached hydrogens (tertiary/aromatic N) is 4. The highest BCUT2D eigenvalue weighted by Crippen LogP contribution is 2.35. The second-order valence-corrected chi connectivity index (χ2v) is 5.55. The van der Waals surface area contributed by atoms with E-state index in [0.717, 1.165) is 31.0 Å². The highest BCUT2D eigenvalue weighted by Gasteiger charge is 2.34. The number of fused-ring (bicyclic) bond motifs is 1. The molecule has 0 aromatic rings. The van der Waals surface area contributed by atoms with Gasteiger partial charge in [0.15, 0.2) is 0 Å². The summed E-state index contributed by atoms with van der Waals surface area (Å²) in [6, 6.07) is 0. The first kappa shape index (κ1) is 13.2. The van der Waals surface area contributed by atoms with Crippen LogP contribution in [0.3, 0.4) is 0 Å². The van der Waals surface area contributed by atoms with E-state index in [-0.39, 0.29) is 5.38 Å². The van der Waals surface area contributed by atoms with Crippen molar-refractivity contribution in [2.75, 3.05) is 19.6 Å². The normalized spacial score (nSPS) is 23.6. The number of guanidine groups is 2. The lowest BCUT2D eigenvalue weighted by Crippen LogP contribution is -2.47. The monoisotopic (exact) mass is 291 g/mol. The van der Waals surface area contributed by atoms with E-state index >= 15 is 0 Å². The molecule has 0 saturated carbocycles. The molecule has 0 fully saturated rings. The number of rotatable bonds is 4. The van der Waals surface area contributed by atoms with Crippen LogP contribution in [0.1, 0.15) is 12.8 Å². The minimum atomic E-state index is 0.0383. The highest BCUT2D eigenvalue weighted by molar-refractivity contribution is 6.23. The Morgan fingerprint density at radius 2 is 2.10 bits per heavy atom. The van der Waals surface area contributed by atoms with Gasteiger partial charge in [0.25, 0.3) is 0 Å². The number of hydrogen-bond acceptors (Lipinski definition) is 5. The van der Waals surface area contributed by atoms with Gasteiger partial charge in [0.05, 0.1) is 17.6 Å². The van der Waals surface area contributed by atoms with Crippen molar-refractivity contribution in [2.45, 2.75) is 18.2 Å². The van der Waals surface area contributed by atoms with Gasteiger partial charge >= 0.3 is 0 Å². The largest absolute Gasteiger partial charge is 0.334 e. The molecule has 0 bridgehead atoms. The third-order valence-electron chi connectivity index (χ3n) is 3.61. The van der Waals surface area contributed by atoms with Crippen molar-refractivity contribution in [3.8, 4) is 0 Å². The Hall–Kier alpha value is -1.75. The summed E-state index contributed by atoms with van der Waals surface area (Å²) >= 11 is 6.29. The van der Waals surface area contributed by atoms with Gasteiger partial charge < -0.3 is 4.90 Å². The van der Waals surface area contributed by atoms with Gasteiger partial charge in [-0.1, -0.05) is 12.2 Å². The molecule has 20 heavy (non-hydrogen) atoms. The van der Waals surface area contributed by atoms with Crippen molar-refractivity contribution < 1.29 is 0 Å². The molecule has 1 atom stereocenters. The number of aliphatic imine (C=N–C) groups is 2. The Labute approximate surface area is 124 Å².